The summed E-state index contributed by atoms with van der Waals surface area (Å²) in [6.07, 6.45) is 0. The Morgan fingerprint density at radius 1 is 1.08 bits per heavy atom. The molecular weight excluding hydrogens is 334 g/mol. The topological polar surface area (TPSA) is 111 Å². The Kier molecular flexibility index (Phi) is 4.53. The molecule has 1 aliphatic heterocycles. The zero-order valence-electron chi connectivity index (χ0n) is 14.3. The van der Waals surface area contributed by atoms with Crippen LogP contribution in [0.4, 0.5) is 10.5 Å². The van der Waals surface area contributed by atoms with Gasteiger partial charge in [-0.25, -0.2) is 4.79 Å². The van der Waals surface area contributed by atoms with Gasteiger partial charge in [0.05, 0.1) is 11.6 Å². The van der Waals surface area contributed by atoms with Crippen molar-refractivity contribution in [3.8, 4) is 11.5 Å². The molecule has 5 N–H and O–H groups in total. The summed E-state index contributed by atoms with van der Waals surface area (Å²) in [7, 11) is 0. The van der Waals surface area contributed by atoms with Crippen LogP contribution in [0.2, 0.25) is 0 Å². The number of carbonyl (C=O) groups excluding carboxylic acids is 2. The summed E-state index contributed by atoms with van der Waals surface area (Å²) in [5.41, 5.74) is 2.65. The number of aromatic hydroxyl groups is 2. The Morgan fingerprint density at radius 3 is 2.42 bits per heavy atom. The molecule has 26 heavy (non-hydrogen) atoms. The lowest BCUT2D eigenvalue weighted by molar-refractivity contribution is -0.113. The van der Waals surface area contributed by atoms with E-state index in [-0.39, 0.29) is 17.1 Å². The minimum atomic E-state index is -0.852. The van der Waals surface area contributed by atoms with Crippen molar-refractivity contribution in [2.45, 2.75) is 19.9 Å². The Hall–Kier alpha value is -3.48. The van der Waals surface area contributed by atoms with Crippen molar-refractivity contribution in [2.75, 3.05) is 5.32 Å². The zero-order chi connectivity index (χ0) is 18.8. The second-order valence-corrected chi connectivity index (χ2v) is 6.13. The number of hydrogen-bond donors (Lipinski definition) is 5. The minimum absolute atomic E-state index is 0.113. The van der Waals surface area contributed by atoms with Crippen molar-refractivity contribution >= 4 is 17.6 Å². The molecule has 1 heterocycles. The van der Waals surface area contributed by atoms with Crippen LogP contribution in [-0.2, 0) is 4.79 Å². The van der Waals surface area contributed by atoms with Gasteiger partial charge in [0.2, 0.25) is 0 Å². The van der Waals surface area contributed by atoms with E-state index in [1.165, 1.54) is 12.1 Å². The first-order valence-electron chi connectivity index (χ1n) is 8.03. The van der Waals surface area contributed by atoms with Gasteiger partial charge in [-0.2, -0.15) is 0 Å². The first-order chi connectivity index (χ1) is 12.3. The molecule has 0 fully saturated rings. The second kappa shape index (κ2) is 6.79. The standard InChI is InChI=1S/C19H19N3O4/c1-10-3-5-12(6-4-10)21-18(25)16-11(2)20-19(26)22-17(16)14-8-7-13(23)9-15(14)24/h3-9,17,23-24H,1-2H3,(H,21,25)(H2,20,22,26). The summed E-state index contributed by atoms with van der Waals surface area (Å²) >= 11 is 0. The van der Waals surface area contributed by atoms with Crippen LogP contribution in [0.5, 0.6) is 11.5 Å². The van der Waals surface area contributed by atoms with Crippen molar-refractivity contribution in [3.05, 3.63) is 64.9 Å². The smallest absolute Gasteiger partial charge is 0.319 e. The summed E-state index contributed by atoms with van der Waals surface area (Å²) in [5.74, 6) is -0.736. The van der Waals surface area contributed by atoms with Crippen LogP contribution in [0, 0.1) is 6.92 Å². The van der Waals surface area contributed by atoms with Crippen molar-refractivity contribution in [3.63, 3.8) is 0 Å². The van der Waals surface area contributed by atoms with Crippen molar-refractivity contribution in [2.24, 2.45) is 0 Å². The molecule has 0 spiro atoms. The largest absolute Gasteiger partial charge is 0.508 e. The third-order valence-electron chi connectivity index (χ3n) is 4.15. The number of hydrogen-bond acceptors (Lipinski definition) is 4. The third kappa shape index (κ3) is 3.46. The van der Waals surface area contributed by atoms with E-state index in [1.807, 2.05) is 19.1 Å². The lowest BCUT2D eigenvalue weighted by atomic mass is 9.94. The number of anilines is 1. The first-order valence-corrected chi connectivity index (χ1v) is 8.03. The highest BCUT2D eigenvalue weighted by atomic mass is 16.3. The number of aryl methyl sites for hydroxylation is 1. The van der Waals surface area contributed by atoms with E-state index >= 15 is 0 Å². The summed E-state index contributed by atoms with van der Waals surface area (Å²) in [6.45, 7) is 3.57. The van der Waals surface area contributed by atoms with E-state index < -0.39 is 18.0 Å². The molecule has 7 nitrogen and oxygen atoms in total. The van der Waals surface area contributed by atoms with Crippen LogP contribution in [0.25, 0.3) is 0 Å². The Labute approximate surface area is 150 Å². The number of carbonyl (C=O) groups is 2. The highest BCUT2D eigenvalue weighted by Crippen LogP contribution is 2.34. The minimum Gasteiger partial charge on any atom is -0.508 e. The number of phenolic OH excluding ortho intramolecular Hbond substituents is 2. The summed E-state index contributed by atoms with van der Waals surface area (Å²) < 4.78 is 0. The number of benzene rings is 2. The molecule has 1 unspecified atom stereocenters. The predicted molar refractivity (Wildman–Crippen MR) is 96.7 cm³/mol. The molecule has 2 aromatic rings. The molecule has 3 rings (SSSR count). The Bertz CT molecular complexity index is 904. The molecular formula is C19H19N3O4. The monoisotopic (exact) mass is 353 g/mol. The van der Waals surface area contributed by atoms with Crippen molar-refractivity contribution in [1.29, 1.82) is 0 Å². The van der Waals surface area contributed by atoms with Crippen LogP contribution in [0.15, 0.2) is 53.7 Å². The van der Waals surface area contributed by atoms with Crippen molar-refractivity contribution in [1.82, 2.24) is 10.6 Å². The molecule has 0 bridgehead atoms. The van der Waals surface area contributed by atoms with E-state index in [0.29, 0.717) is 16.9 Å². The third-order valence-corrected chi connectivity index (χ3v) is 4.15. The molecule has 3 amide bonds. The van der Waals surface area contributed by atoms with Crippen LogP contribution in [0.1, 0.15) is 24.1 Å². The molecule has 134 valence electrons. The molecule has 1 aliphatic rings. The van der Waals surface area contributed by atoms with Gasteiger partial charge in [0.25, 0.3) is 5.91 Å². The molecule has 0 aliphatic carbocycles. The fourth-order valence-corrected chi connectivity index (χ4v) is 2.84. The van der Waals surface area contributed by atoms with Crippen LogP contribution < -0.4 is 16.0 Å². The summed E-state index contributed by atoms with van der Waals surface area (Å²) in [4.78, 5) is 24.7. The fourth-order valence-electron chi connectivity index (χ4n) is 2.84. The maximum absolute atomic E-state index is 12.8. The van der Waals surface area contributed by atoms with Gasteiger partial charge in [0.1, 0.15) is 11.5 Å². The average molecular weight is 353 g/mol. The zero-order valence-corrected chi connectivity index (χ0v) is 14.3. The Morgan fingerprint density at radius 2 is 1.77 bits per heavy atom. The van der Waals surface area contributed by atoms with Crippen molar-refractivity contribution < 1.29 is 19.8 Å². The van der Waals surface area contributed by atoms with Gasteiger partial charge in [0.15, 0.2) is 0 Å². The maximum atomic E-state index is 12.8. The lowest BCUT2D eigenvalue weighted by Crippen LogP contribution is -2.46. The van der Waals surface area contributed by atoms with Gasteiger partial charge < -0.3 is 26.2 Å². The number of urea groups is 1. The van der Waals surface area contributed by atoms with E-state index in [9.17, 15) is 19.8 Å². The fraction of sp³-hybridized carbons (Fsp3) is 0.158. The van der Waals surface area contributed by atoms with Gasteiger partial charge in [-0.05, 0) is 38.1 Å². The highest BCUT2D eigenvalue weighted by Gasteiger charge is 2.32. The van der Waals surface area contributed by atoms with Crippen LogP contribution in [-0.4, -0.2) is 22.2 Å². The maximum Gasteiger partial charge on any atom is 0.319 e. The Balaban J connectivity index is 1.97. The molecule has 0 aromatic heterocycles. The lowest BCUT2D eigenvalue weighted by Gasteiger charge is -2.29. The summed E-state index contributed by atoms with van der Waals surface area (Å²) in [5, 5.41) is 27.6. The van der Waals surface area contributed by atoms with Gasteiger partial charge >= 0.3 is 6.03 Å². The molecule has 1 atom stereocenters. The average Bonchev–Trinajstić information content (AvgIpc) is 2.56. The molecule has 2 aromatic carbocycles. The molecule has 7 heteroatoms. The second-order valence-electron chi connectivity index (χ2n) is 6.13. The quantitative estimate of drug-likeness (QED) is 0.584. The van der Waals surface area contributed by atoms with Gasteiger partial charge in [-0.3, -0.25) is 4.79 Å². The van der Waals surface area contributed by atoms with E-state index in [4.69, 9.17) is 0 Å². The van der Waals surface area contributed by atoms with E-state index in [0.717, 1.165) is 11.6 Å². The number of amides is 3. The number of allylic oxidation sites excluding steroid dienone is 1. The number of phenols is 2. The molecule has 0 radical (unpaired) electrons. The number of rotatable bonds is 3. The van der Waals surface area contributed by atoms with Crippen LogP contribution >= 0.6 is 0 Å². The van der Waals surface area contributed by atoms with E-state index in [1.54, 1.807) is 19.1 Å². The van der Waals surface area contributed by atoms with Crippen LogP contribution in [0.3, 0.4) is 0 Å². The highest BCUT2D eigenvalue weighted by molar-refractivity contribution is 6.06. The number of nitrogens with one attached hydrogen (secondary N) is 3. The normalized spacial score (nSPS) is 16.7. The van der Waals surface area contributed by atoms with Gasteiger partial charge in [-0.1, -0.05) is 17.7 Å². The first kappa shape index (κ1) is 17.3. The molecule has 0 saturated carbocycles. The van der Waals surface area contributed by atoms with Gasteiger partial charge in [-0.15, -0.1) is 0 Å². The summed E-state index contributed by atoms with van der Waals surface area (Å²) in [6, 6.07) is 10.00. The van der Waals surface area contributed by atoms with Gasteiger partial charge in [0, 0.05) is 23.0 Å². The van der Waals surface area contributed by atoms with E-state index in [2.05, 4.69) is 16.0 Å². The molecule has 0 saturated heterocycles. The SMILES string of the molecule is CC1=C(C(=O)Nc2ccc(C)cc2)C(c2ccc(O)cc2O)NC(=O)N1. The predicted octanol–water partition coefficient (Wildman–Crippen LogP) is 2.67.